The van der Waals surface area contributed by atoms with Crippen molar-refractivity contribution >= 4 is 10.2 Å². The van der Waals surface area contributed by atoms with Crippen molar-refractivity contribution in [3.05, 3.63) is 29.8 Å². The Hall–Kier alpha value is -1.15. The summed E-state index contributed by atoms with van der Waals surface area (Å²) >= 11 is 0. The molecule has 2 aliphatic rings. The van der Waals surface area contributed by atoms with Crippen molar-refractivity contribution in [2.45, 2.75) is 25.3 Å². The molecule has 1 atom stereocenters. The highest BCUT2D eigenvalue weighted by Crippen LogP contribution is 2.29. The number of rotatable bonds is 5. The first-order chi connectivity index (χ1) is 11.1. The lowest BCUT2D eigenvalue weighted by molar-refractivity contribution is 0.0699. The second-order valence-electron chi connectivity index (χ2n) is 5.94. The minimum Gasteiger partial charge on any atom is -0.496 e. The zero-order chi connectivity index (χ0) is 16.3. The molecule has 0 saturated carbocycles. The fourth-order valence-corrected chi connectivity index (χ4v) is 5.19. The van der Waals surface area contributed by atoms with E-state index >= 15 is 0 Å². The van der Waals surface area contributed by atoms with Crippen molar-refractivity contribution in [2.24, 2.45) is 0 Å². The van der Waals surface area contributed by atoms with Gasteiger partial charge in [-0.2, -0.15) is 17.0 Å². The second kappa shape index (κ2) is 7.17. The monoisotopic (exact) mass is 340 g/mol. The predicted octanol–water partition coefficient (Wildman–Crippen LogP) is 1.28. The number of hydrogen-bond donors (Lipinski definition) is 0. The van der Waals surface area contributed by atoms with Crippen molar-refractivity contribution in [1.82, 2.24) is 8.61 Å². The summed E-state index contributed by atoms with van der Waals surface area (Å²) in [4.78, 5) is 0. The van der Waals surface area contributed by atoms with E-state index < -0.39 is 10.2 Å². The Balaban J connectivity index is 1.77. The van der Waals surface area contributed by atoms with Gasteiger partial charge in [0.1, 0.15) is 5.75 Å². The van der Waals surface area contributed by atoms with Crippen LogP contribution in [-0.4, -0.2) is 63.0 Å². The Kier molecular flexibility index (Phi) is 5.21. The average Bonchev–Trinajstić information content (AvgIpc) is 3.05. The Morgan fingerprint density at radius 2 is 1.96 bits per heavy atom. The van der Waals surface area contributed by atoms with Crippen LogP contribution in [0.15, 0.2) is 24.3 Å². The molecule has 0 aliphatic carbocycles. The van der Waals surface area contributed by atoms with Crippen molar-refractivity contribution in [3.8, 4) is 5.75 Å². The van der Waals surface area contributed by atoms with Gasteiger partial charge in [-0.25, -0.2) is 0 Å². The van der Waals surface area contributed by atoms with E-state index in [1.165, 1.54) is 0 Å². The summed E-state index contributed by atoms with van der Waals surface area (Å²) in [5.41, 5.74) is 1.06. The van der Waals surface area contributed by atoms with Gasteiger partial charge in [0.25, 0.3) is 10.2 Å². The molecule has 2 heterocycles. The van der Waals surface area contributed by atoms with Crippen molar-refractivity contribution in [3.63, 3.8) is 0 Å². The first-order valence-electron chi connectivity index (χ1n) is 8.09. The third-order valence-corrected chi connectivity index (χ3v) is 6.66. The lowest BCUT2D eigenvalue weighted by Gasteiger charge is -2.33. The largest absolute Gasteiger partial charge is 0.496 e. The molecule has 2 aliphatic heterocycles. The maximum atomic E-state index is 12.9. The molecule has 3 rings (SSSR count). The van der Waals surface area contributed by atoms with Gasteiger partial charge >= 0.3 is 0 Å². The number of morpholine rings is 1. The molecule has 0 radical (unpaired) electrons. The molecule has 1 aromatic rings. The van der Waals surface area contributed by atoms with Gasteiger partial charge in [0.15, 0.2) is 0 Å². The van der Waals surface area contributed by atoms with E-state index in [9.17, 15) is 8.42 Å². The molecule has 0 aromatic heterocycles. The lowest BCUT2D eigenvalue weighted by atomic mass is 10.0. The topological polar surface area (TPSA) is 59.1 Å². The number of benzene rings is 1. The fraction of sp³-hybridized carbons (Fsp3) is 0.625. The minimum absolute atomic E-state index is 0.000792. The van der Waals surface area contributed by atoms with Crippen LogP contribution in [0, 0.1) is 0 Å². The lowest BCUT2D eigenvalue weighted by Crippen LogP contribution is -2.50. The van der Waals surface area contributed by atoms with Crippen LogP contribution in [0.4, 0.5) is 0 Å². The van der Waals surface area contributed by atoms with E-state index in [1.54, 1.807) is 15.7 Å². The minimum atomic E-state index is -3.40. The van der Waals surface area contributed by atoms with Gasteiger partial charge in [0, 0.05) is 25.7 Å². The van der Waals surface area contributed by atoms with Crippen LogP contribution < -0.4 is 4.74 Å². The van der Waals surface area contributed by atoms with E-state index in [2.05, 4.69) is 0 Å². The third-order valence-electron chi connectivity index (χ3n) is 4.56. The molecule has 23 heavy (non-hydrogen) atoms. The van der Waals surface area contributed by atoms with E-state index in [-0.39, 0.29) is 6.04 Å². The average molecular weight is 340 g/mol. The standard InChI is InChI=1S/C16H24N2O4S/c1-21-16-7-3-2-5-14(16)13-15-6-4-8-18(15)23(19,20)17-9-11-22-12-10-17/h2-3,5,7,15H,4,6,8-13H2,1H3. The molecule has 0 bridgehead atoms. The molecule has 1 unspecified atom stereocenters. The Morgan fingerprint density at radius 3 is 2.70 bits per heavy atom. The zero-order valence-electron chi connectivity index (χ0n) is 13.5. The number of hydrogen-bond acceptors (Lipinski definition) is 4. The van der Waals surface area contributed by atoms with Crippen LogP contribution in [0.25, 0.3) is 0 Å². The quantitative estimate of drug-likeness (QED) is 0.810. The summed E-state index contributed by atoms with van der Waals surface area (Å²) in [5, 5.41) is 0. The van der Waals surface area contributed by atoms with Gasteiger partial charge in [0.2, 0.25) is 0 Å². The fourth-order valence-electron chi connectivity index (χ4n) is 3.37. The maximum Gasteiger partial charge on any atom is 0.282 e. The molecule has 1 aromatic carbocycles. The summed E-state index contributed by atoms with van der Waals surface area (Å²) in [6, 6.07) is 7.83. The zero-order valence-corrected chi connectivity index (χ0v) is 14.3. The highest BCUT2D eigenvalue weighted by molar-refractivity contribution is 7.86. The molecule has 7 heteroatoms. The van der Waals surface area contributed by atoms with E-state index in [4.69, 9.17) is 9.47 Å². The highest BCUT2D eigenvalue weighted by atomic mass is 32.2. The molecule has 0 spiro atoms. The van der Waals surface area contributed by atoms with Crippen LogP contribution in [0.1, 0.15) is 18.4 Å². The van der Waals surface area contributed by atoms with E-state index in [0.717, 1.165) is 24.2 Å². The summed E-state index contributed by atoms with van der Waals surface area (Å²) in [6.07, 6.45) is 2.48. The Bertz CT molecular complexity index is 629. The molecule has 128 valence electrons. The SMILES string of the molecule is COc1ccccc1CC1CCCN1S(=O)(=O)N1CCOCC1. The Labute approximate surface area is 138 Å². The van der Waals surface area contributed by atoms with E-state index in [0.29, 0.717) is 39.3 Å². The van der Waals surface area contributed by atoms with Crippen LogP contribution in [0.2, 0.25) is 0 Å². The summed E-state index contributed by atoms with van der Waals surface area (Å²) in [6.45, 7) is 2.44. The third kappa shape index (κ3) is 3.52. The Morgan fingerprint density at radius 1 is 1.22 bits per heavy atom. The normalized spacial score (nSPS) is 24.0. The van der Waals surface area contributed by atoms with Crippen molar-refractivity contribution in [2.75, 3.05) is 40.0 Å². The second-order valence-corrected chi connectivity index (χ2v) is 7.82. The molecular weight excluding hydrogens is 316 g/mol. The van der Waals surface area contributed by atoms with Crippen LogP contribution >= 0.6 is 0 Å². The van der Waals surface area contributed by atoms with Crippen LogP contribution in [-0.2, 0) is 21.4 Å². The van der Waals surface area contributed by atoms with Gasteiger partial charge in [-0.1, -0.05) is 18.2 Å². The van der Waals surface area contributed by atoms with Gasteiger partial charge in [0.05, 0.1) is 20.3 Å². The molecule has 0 N–H and O–H groups in total. The van der Waals surface area contributed by atoms with Crippen molar-refractivity contribution < 1.29 is 17.9 Å². The first-order valence-corrected chi connectivity index (χ1v) is 9.49. The number of nitrogens with zero attached hydrogens (tertiary/aromatic N) is 2. The molecular formula is C16H24N2O4S. The van der Waals surface area contributed by atoms with Gasteiger partial charge in [-0.3, -0.25) is 0 Å². The molecule has 0 amide bonds. The number of ether oxygens (including phenoxy) is 2. The van der Waals surface area contributed by atoms with Gasteiger partial charge in [-0.05, 0) is 30.9 Å². The number of para-hydroxylation sites is 1. The smallest absolute Gasteiger partial charge is 0.282 e. The van der Waals surface area contributed by atoms with Gasteiger partial charge in [-0.15, -0.1) is 0 Å². The number of methoxy groups -OCH3 is 1. The summed E-state index contributed by atoms with van der Waals surface area (Å²) in [5.74, 6) is 0.822. The summed E-state index contributed by atoms with van der Waals surface area (Å²) < 4.78 is 39.7. The van der Waals surface area contributed by atoms with Crippen LogP contribution in [0.5, 0.6) is 5.75 Å². The molecule has 6 nitrogen and oxygen atoms in total. The highest BCUT2D eigenvalue weighted by Gasteiger charge is 2.38. The first kappa shape index (κ1) is 16.7. The predicted molar refractivity (Wildman–Crippen MR) is 87.7 cm³/mol. The van der Waals surface area contributed by atoms with E-state index in [1.807, 2.05) is 24.3 Å². The molecule has 2 saturated heterocycles. The van der Waals surface area contributed by atoms with Gasteiger partial charge < -0.3 is 9.47 Å². The maximum absolute atomic E-state index is 12.9. The molecule has 2 fully saturated rings. The van der Waals surface area contributed by atoms with Crippen molar-refractivity contribution in [1.29, 1.82) is 0 Å². The van der Waals surface area contributed by atoms with Crippen LogP contribution in [0.3, 0.4) is 0 Å². The summed E-state index contributed by atoms with van der Waals surface area (Å²) in [7, 11) is -1.76.